The fourth-order valence-electron chi connectivity index (χ4n) is 0.973. The maximum Gasteiger partial charge on any atom is 0.249 e. The Labute approximate surface area is 54.2 Å². The lowest BCUT2D eigenvalue weighted by atomic mass is 10.0. The summed E-state index contributed by atoms with van der Waals surface area (Å²) in [7, 11) is 0. The van der Waals surface area contributed by atoms with Crippen LogP contribution in [0, 0.1) is 0 Å². The molecule has 1 saturated heterocycles. The molecule has 1 amide bonds. The number of hydrogen-bond donors (Lipinski definition) is 1. The zero-order valence-corrected chi connectivity index (χ0v) is 5.52. The van der Waals surface area contributed by atoms with Gasteiger partial charge in [-0.3, -0.25) is 4.79 Å². The summed E-state index contributed by atoms with van der Waals surface area (Å²) in [4.78, 5) is 10.6. The van der Waals surface area contributed by atoms with Crippen molar-refractivity contribution < 1.29 is 9.53 Å². The maximum absolute atomic E-state index is 10.6. The van der Waals surface area contributed by atoms with Crippen LogP contribution in [0.5, 0.6) is 0 Å². The van der Waals surface area contributed by atoms with Gasteiger partial charge < -0.3 is 10.5 Å². The molecular formula is C6H11NO2. The molecule has 0 aliphatic carbocycles. The minimum Gasteiger partial charge on any atom is -0.367 e. The molecule has 1 atom stereocenters. The second kappa shape index (κ2) is 1.99. The Kier molecular flexibility index (Phi) is 1.45. The quantitative estimate of drug-likeness (QED) is 0.543. The van der Waals surface area contributed by atoms with Crippen molar-refractivity contribution in [2.45, 2.75) is 25.4 Å². The number of primary amides is 1. The summed E-state index contributed by atoms with van der Waals surface area (Å²) in [6, 6.07) is 0. The van der Waals surface area contributed by atoms with Crippen molar-refractivity contribution in [3.8, 4) is 0 Å². The van der Waals surface area contributed by atoms with Crippen LogP contribution < -0.4 is 5.73 Å². The smallest absolute Gasteiger partial charge is 0.249 e. The summed E-state index contributed by atoms with van der Waals surface area (Å²) in [5.74, 6) is -0.347. The van der Waals surface area contributed by atoms with Crippen LogP contribution in [-0.4, -0.2) is 18.1 Å². The molecule has 0 aromatic carbocycles. The average molecular weight is 129 g/mol. The summed E-state index contributed by atoms with van der Waals surface area (Å²) in [6.45, 7) is 2.40. The fourth-order valence-corrected chi connectivity index (χ4v) is 0.973. The third-order valence-electron chi connectivity index (χ3n) is 1.74. The molecule has 2 N–H and O–H groups in total. The number of hydrogen-bond acceptors (Lipinski definition) is 2. The number of amides is 1. The lowest BCUT2D eigenvalue weighted by Crippen LogP contribution is -2.40. The lowest BCUT2D eigenvalue weighted by Gasteiger charge is -2.17. The second-order valence-electron chi connectivity index (χ2n) is 2.55. The molecule has 0 spiro atoms. The Balaban J connectivity index is 2.61. The van der Waals surface area contributed by atoms with E-state index in [0.717, 1.165) is 12.8 Å². The van der Waals surface area contributed by atoms with Crippen molar-refractivity contribution in [1.82, 2.24) is 0 Å². The number of carbonyl (C=O) groups excluding carboxylic acids is 1. The van der Waals surface area contributed by atoms with Crippen LogP contribution in [0.4, 0.5) is 0 Å². The molecule has 1 aliphatic rings. The monoisotopic (exact) mass is 129 g/mol. The first-order chi connectivity index (χ1) is 4.15. The van der Waals surface area contributed by atoms with Crippen molar-refractivity contribution in [3.05, 3.63) is 0 Å². The van der Waals surface area contributed by atoms with Crippen LogP contribution in [0.3, 0.4) is 0 Å². The highest BCUT2D eigenvalue weighted by molar-refractivity contribution is 5.83. The number of ether oxygens (including phenoxy) is 1. The van der Waals surface area contributed by atoms with Gasteiger partial charge in [-0.05, 0) is 19.8 Å². The summed E-state index contributed by atoms with van der Waals surface area (Å²) >= 11 is 0. The molecule has 0 aromatic heterocycles. The summed E-state index contributed by atoms with van der Waals surface area (Å²) in [6.07, 6.45) is 1.71. The number of nitrogens with two attached hydrogens (primary N) is 1. The topological polar surface area (TPSA) is 52.3 Å². The normalized spacial score (nSPS) is 34.8. The van der Waals surface area contributed by atoms with E-state index in [2.05, 4.69) is 0 Å². The highest BCUT2D eigenvalue weighted by Crippen LogP contribution is 2.23. The van der Waals surface area contributed by atoms with Gasteiger partial charge in [0.2, 0.25) is 5.91 Å². The van der Waals surface area contributed by atoms with Crippen LogP contribution in [0.1, 0.15) is 19.8 Å². The van der Waals surface area contributed by atoms with E-state index in [4.69, 9.17) is 10.5 Å². The van der Waals surface area contributed by atoms with E-state index >= 15 is 0 Å². The molecule has 1 fully saturated rings. The minimum absolute atomic E-state index is 0.347. The first-order valence-electron chi connectivity index (χ1n) is 3.09. The van der Waals surface area contributed by atoms with Gasteiger partial charge in [-0.1, -0.05) is 0 Å². The Hall–Kier alpha value is -0.570. The summed E-state index contributed by atoms with van der Waals surface area (Å²) in [5, 5.41) is 0. The van der Waals surface area contributed by atoms with Gasteiger partial charge in [0.25, 0.3) is 0 Å². The van der Waals surface area contributed by atoms with E-state index in [1.54, 1.807) is 6.92 Å². The van der Waals surface area contributed by atoms with Crippen molar-refractivity contribution in [3.63, 3.8) is 0 Å². The maximum atomic E-state index is 10.6. The molecule has 0 bridgehead atoms. The van der Waals surface area contributed by atoms with E-state index in [1.807, 2.05) is 0 Å². The van der Waals surface area contributed by atoms with E-state index < -0.39 is 5.60 Å². The Morgan fingerprint density at radius 2 is 2.44 bits per heavy atom. The van der Waals surface area contributed by atoms with Crippen LogP contribution in [0.25, 0.3) is 0 Å². The molecule has 1 rings (SSSR count). The SMILES string of the molecule is C[C@]1(C(N)=O)CCCO1. The minimum atomic E-state index is -0.667. The average Bonchev–Trinajstić information content (AvgIpc) is 2.16. The third-order valence-corrected chi connectivity index (χ3v) is 1.74. The van der Waals surface area contributed by atoms with Crippen LogP contribution >= 0.6 is 0 Å². The predicted octanol–water partition coefficient (Wildman–Crippen LogP) is 0.0408. The van der Waals surface area contributed by atoms with Crippen molar-refractivity contribution in [2.24, 2.45) is 5.73 Å². The standard InChI is InChI=1S/C6H11NO2/c1-6(5(7)8)3-2-4-9-6/h2-4H2,1H3,(H2,7,8)/t6-/m1/s1. The van der Waals surface area contributed by atoms with Gasteiger partial charge in [0, 0.05) is 6.61 Å². The Morgan fingerprint density at radius 1 is 1.78 bits per heavy atom. The van der Waals surface area contributed by atoms with Gasteiger partial charge >= 0.3 is 0 Å². The van der Waals surface area contributed by atoms with Crippen molar-refractivity contribution >= 4 is 5.91 Å². The molecular weight excluding hydrogens is 118 g/mol. The lowest BCUT2D eigenvalue weighted by molar-refractivity contribution is -0.135. The zero-order chi connectivity index (χ0) is 6.91. The first-order valence-corrected chi connectivity index (χ1v) is 3.09. The molecule has 52 valence electrons. The summed E-state index contributed by atoms with van der Waals surface area (Å²) < 4.78 is 5.13. The molecule has 1 aliphatic heterocycles. The molecule has 3 nitrogen and oxygen atoms in total. The highest BCUT2D eigenvalue weighted by atomic mass is 16.5. The zero-order valence-electron chi connectivity index (χ0n) is 5.52. The number of carbonyl (C=O) groups is 1. The van der Waals surface area contributed by atoms with Crippen molar-refractivity contribution in [2.75, 3.05) is 6.61 Å². The van der Waals surface area contributed by atoms with Gasteiger partial charge in [-0.15, -0.1) is 0 Å². The first kappa shape index (κ1) is 6.55. The molecule has 9 heavy (non-hydrogen) atoms. The van der Waals surface area contributed by atoms with E-state index in [1.165, 1.54) is 0 Å². The van der Waals surface area contributed by atoms with E-state index in [-0.39, 0.29) is 5.91 Å². The van der Waals surface area contributed by atoms with Gasteiger partial charge in [0.15, 0.2) is 0 Å². The number of rotatable bonds is 1. The molecule has 1 heterocycles. The molecule has 0 saturated carbocycles. The predicted molar refractivity (Wildman–Crippen MR) is 32.8 cm³/mol. The van der Waals surface area contributed by atoms with Crippen LogP contribution in [0.15, 0.2) is 0 Å². The third kappa shape index (κ3) is 1.05. The van der Waals surface area contributed by atoms with E-state index in [0.29, 0.717) is 6.61 Å². The summed E-state index contributed by atoms with van der Waals surface area (Å²) in [5.41, 5.74) is 4.40. The van der Waals surface area contributed by atoms with Crippen LogP contribution in [0.2, 0.25) is 0 Å². The molecule has 0 aromatic rings. The Morgan fingerprint density at radius 3 is 2.67 bits per heavy atom. The van der Waals surface area contributed by atoms with Crippen molar-refractivity contribution in [1.29, 1.82) is 0 Å². The van der Waals surface area contributed by atoms with Gasteiger partial charge in [0.1, 0.15) is 5.60 Å². The van der Waals surface area contributed by atoms with Gasteiger partial charge in [-0.2, -0.15) is 0 Å². The molecule has 0 unspecified atom stereocenters. The largest absolute Gasteiger partial charge is 0.367 e. The second-order valence-corrected chi connectivity index (χ2v) is 2.55. The fraction of sp³-hybridized carbons (Fsp3) is 0.833. The molecule has 0 radical (unpaired) electrons. The molecule has 3 heteroatoms. The van der Waals surface area contributed by atoms with Gasteiger partial charge in [-0.25, -0.2) is 0 Å². The van der Waals surface area contributed by atoms with Gasteiger partial charge in [0.05, 0.1) is 0 Å². The van der Waals surface area contributed by atoms with Crippen LogP contribution in [-0.2, 0) is 9.53 Å². The highest BCUT2D eigenvalue weighted by Gasteiger charge is 2.35. The Bertz CT molecular complexity index is 127. The van der Waals surface area contributed by atoms with E-state index in [9.17, 15) is 4.79 Å².